The minimum Gasteiger partial charge on any atom is -0.397 e. The van der Waals surface area contributed by atoms with Crippen LogP contribution in [-0.4, -0.2) is 44.7 Å². The zero-order valence-corrected chi connectivity index (χ0v) is 18.9. The molecule has 33 heavy (non-hydrogen) atoms. The number of amides is 1. The van der Waals surface area contributed by atoms with E-state index in [1.165, 1.54) is 44.4 Å². The number of carbonyl (C=O) groups is 1. The SMILES string of the molecule is COCCNC(=O)CC\C=C/C=C(\C=C(/C)CN=C(C)Nc1cc(F)ccc1N)C(F)(F)F. The molecule has 0 unspecified atom stereocenters. The molecule has 1 rings (SSSR count). The molecular weight excluding hydrogens is 440 g/mol. The fourth-order valence-electron chi connectivity index (χ4n) is 2.51. The highest BCUT2D eigenvalue weighted by Gasteiger charge is 2.31. The Morgan fingerprint density at radius 1 is 1.27 bits per heavy atom. The predicted octanol–water partition coefficient (Wildman–Crippen LogP) is 4.77. The Morgan fingerprint density at radius 2 is 2.00 bits per heavy atom. The summed E-state index contributed by atoms with van der Waals surface area (Å²) in [5, 5.41) is 5.47. The van der Waals surface area contributed by atoms with Crippen molar-refractivity contribution in [3.8, 4) is 0 Å². The molecule has 0 aliphatic carbocycles. The van der Waals surface area contributed by atoms with Gasteiger partial charge < -0.3 is 21.1 Å². The predicted molar refractivity (Wildman–Crippen MR) is 124 cm³/mol. The van der Waals surface area contributed by atoms with E-state index in [2.05, 4.69) is 15.6 Å². The molecule has 0 aromatic heterocycles. The number of methoxy groups -OCH3 is 1. The van der Waals surface area contributed by atoms with Crippen molar-refractivity contribution in [2.45, 2.75) is 32.9 Å². The number of nitrogens with zero attached hydrogens (tertiary/aromatic N) is 1. The standard InChI is InChI=1S/C23H30F4N4O2/c1-16(15-30-17(2)31-21-14-19(24)9-10-20(21)28)13-18(23(25,26)27)7-5-4-6-8-22(32)29-11-12-33-3/h4-5,7,9-10,13-14H,6,8,11-12,15,28H2,1-3H3,(H,29,32)(H,30,31)/b5-4-,16-13+,18-7+. The molecule has 10 heteroatoms. The number of alkyl halides is 3. The second kappa shape index (κ2) is 14.1. The topological polar surface area (TPSA) is 88.7 Å². The monoisotopic (exact) mass is 470 g/mol. The number of nitrogen functional groups attached to an aromatic ring is 1. The molecule has 0 fully saturated rings. The summed E-state index contributed by atoms with van der Waals surface area (Å²) in [6, 6.07) is 3.83. The van der Waals surface area contributed by atoms with Crippen LogP contribution in [0.4, 0.5) is 28.9 Å². The van der Waals surface area contributed by atoms with Gasteiger partial charge in [0.1, 0.15) is 5.82 Å². The molecule has 0 aliphatic heterocycles. The largest absolute Gasteiger partial charge is 0.416 e. The lowest BCUT2D eigenvalue weighted by Crippen LogP contribution is -2.26. The lowest BCUT2D eigenvalue weighted by molar-refractivity contribution is -0.121. The maximum atomic E-state index is 13.3. The number of allylic oxidation sites excluding steroid dienone is 5. The molecule has 182 valence electrons. The molecule has 6 nitrogen and oxygen atoms in total. The number of anilines is 2. The van der Waals surface area contributed by atoms with Gasteiger partial charge in [0, 0.05) is 20.1 Å². The molecule has 4 N–H and O–H groups in total. The van der Waals surface area contributed by atoms with Gasteiger partial charge in [-0.1, -0.05) is 23.8 Å². The molecule has 1 aromatic rings. The van der Waals surface area contributed by atoms with Crippen molar-refractivity contribution in [1.82, 2.24) is 5.32 Å². The summed E-state index contributed by atoms with van der Waals surface area (Å²) in [5.74, 6) is -0.300. The number of ether oxygens (including phenoxy) is 1. The summed E-state index contributed by atoms with van der Waals surface area (Å²) < 4.78 is 58.2. The summed E-state index contributed by atoms with van der Waals surface area (Å²) >= 11 is 0. The molecule has 1 aromatic carbocycles. The summed E-state index contributed by atoms with van der Waals surface area (Å²) in [6.07, 6.45) is 0.667. The molecule has 0 aliphatic rings. The minimum absolute atomic E-state index is 0.00678. The van der Waals surface area contributed by atoms with Gasteiger partial charge in [0.15, 0.2) is 0 Å². The van der Waals surface area contributed by atoms with Gasteiger partial charge in [0.25, 0.3) is 0 Å². The third-order valence-corrected chi connectivity index (χ3v) is 4.20. The zero-order valence-electron chi connectivity index (χ0n) is 18.9. The van der Waals surface area contributed by atoms with Crippen molar-refractivity contribution in [2.75, 3.05) is 37.9 Å². The number of halogens is 4. The summed E-state index contributed by atoms with van der Waals surface area (Å²) in [5.41, 5.74) is 5.94. The Kier molecular flexibility index (Phi) is 11.9. The van der Waals surface area contributed by atoms with E-state index in [9.17, 15) is 22.4 Å². The molecular formula is C23H30F4N4O2. The van der Waals surface area contributed by atoms with Gasteiger partial charge in [-0.25, -0.2) is 4.39 Å². The van der Waals surface area contributed by atoms with Gasteiger partial charge in [-0.15, -0.1) is 0 Å². The minimum atomic E-state index is -4.55. The first-order chi connectivity index (χ1) is 15.5. The number of nitrogens with one attached hydrogen (secondary N) is 2. The van der Waals surface area contributed by atoms with Crippen LogP contribution >= 0.6 is 0 Å². The molecule has 0 atom stereocenters. The highest BCUT2D eigenvalue weighted by molar-refractivity contribution is 5.96. The van der Waals surface area contributed by atoms with E-state index >= 15 is 0 Å². The van der Waals surface area contributed by atoms with Crippen molar-refractivity contribution >= 4 is 23.1 Å². The van der Waals surface area contributed by atoms with Crippen molar-refractivity contribution in [1.29, 1.82) is 0 Å². The number of amidine groups is 1. The average Bonchev–Trinajstić information content (AvgIpc) is 2.73. The van der Waals surface area contributed by atoms with Gasteiger partial charge in [0.05, 0.1) is 35.9 Å². The molecule has 0 radical (unpaired) electrons. The van der Waals surface area contributed by atoms with Gasteiger partial charge in [-0.05, 0) is 44.5 Å². The maximum Gasteiger partial charge on any atom is 0.416 e. The second-order valence-corrected chi connectivity index (χ2v) is 7.18. The van der Waals surface area contributed by atoms with Crippen molar-refractivity contribution in [3.63, 3.8) is 0 Å². The number of hydrogen-bond acceptors (Lipinski definition) is 4. The number of carbonyl (C=O) groups excluding carboxylic acids is 1. The Balaban J connectivity index is 2.72. The van der Waals surface area contributed by atoms with Crippen LogP contribution in [0.2, 0.25) is 0 Å². The summed E-state index contributed by atoms with van der Waals surface area (Å²) in [7, 11) is 1.52. The Bertz CT molecular complexity index is 906. The van der Waals surface area contributed by atoms with Crippen molar-refractivity contribution < 1.29 is 27.1 Å². The number of hydrogen-bond donors (Lipinski definition) is 3. The molecule has 0 spiro atoms. The first-order valence-electron chi connectivity index (χ1n) is 10.2. The lowest BCUT2D eigenvalue weighted by atomic mass is 10.1. The van der Waals surface area contributed by atoms with Crippen LogP contribution in [0, 0.1) is 5.82 Å². The van der Waals surface area contributed by atoms with Crippen LogP contribution in [0.25, 0.3) is 0 Å². The molecule has 0 bridgehead atoms. The summed E-state index contributed by atoms with van der Waals surface area (Å²) in [4.78, 5) is 15.7. The number of aliphatic imine (C=N–C) groups is 1. The third-order valence-electron chi connectivity index (χ3n) is 4.20. The first kappa shape index (κ1) is 27.9. The lowest BCUT2D eigenvalue weighted by Gasteiger charge is -2.10. The van der Waals surface area contributed by atoms with E-state index < -0.39 is 17.6 Å². The van der Waals surface area contributed by atoms with Gasteiger partial charge in [0.2, 0.25) is 5.91 Å². The van der Waals surface area contributed by atoms with Gasteiger partial charge in [-0.2, -0.15) is 13.2 Å². The van der Waals surface area contributed by atoms with E-state index in [-0.39, 0.29) is 18.9 Å². The highest BCUT2D eigenvalue weighted by Crippen LogP contribution is 2.27. The number of nitrogens with two attached hydrogens (primary N) is 1. The molecule has 0 saturated carbocycles. The van der Waals surface area contributed by atoms with E-state index in [4.69, 9.17) is 10.5 Å². The molecule has 0 saturated heterocycles. The fourth-order valence-corrected chi connectivity index (χ4v) is 2.51. The normalized spacial score (nSPS) is 13.5. The average molecular weight is 471 g/mol. The third kappa shape index (κ3) is 11.9. The molecule has 1 amide bonds. The van der Waals surface area contributed by atoms with E-state index in [1.807, 2.05) is 0 Å². The quantitative estimate of drug-likeness (QED) is 0.109. The van der Waals surface area contributed by atoms with Crippen molar-refractivity contribution in [2.24, 2.45) is 4.99 Å². The first-order valence-corrected chi connectivity index (χ1v) is 10.2. The van der Waals surface area contributed by atoms with Crippen LogP contribution in [0.15, 0.2) is 58.6 Å². The highest BCUT2D eigenvalue weighted by atomic mass is 19.4. The Labute approximate surface area is 191 Å². The van der Waals surface area contributed by atoms with Crippen LogP contribution in [-0.2, 0) is 9.53 Å². The van der Waals surface area contributed by atoms with E-state index in [0.717, 1.165) is 12.2 Å². The van der Waals surface area contributed by atoms with Crippen LogP contribution in [0.3, 0.4) is 0 Å². The van der Waals surface area contributed by atoms with E-state index in [1.54, 1.807) is 6.92 Å². The fraction of sp³-hybridized carbons (Fsp3) is 0.391. The second-order valence-electron chi connectivity index (χ2n) is 7.18. The Morgan fingerprint density at radius 3 is 2.67 bits per heavy atom. The Hall–Kier alpha value is -3.14. The maximum absolute atomic E-state index is 13.3. The number of benzene rings is 1. The zero-order chi connectivity index (χ0) is 24.9. The van der Waals surface area contributed by atoms with Crippen LogP contribution < -0.4 is 16.4 Å². The van der Waals surface area contributed by atoms with Crippen molar-refractivity contribution in [3.05, 3.63) is 59.5 Å². The van der Waals surface area contributed by atoms with Gasteiger partial charge in [-0.3, -0.25) is 9.79 Å². The van der Waals surface area contributed by atoms with Crippen LogP contribution in [0.5, 0.6) is 0 Å². The smallest absolute Gasteiger partial charge is 0.397 e. The number of rotatable bonds is 11. The molecule has 0 heterocycles. The van der Waals surface area contributed by atoms with E-state index in [0.29, 0.717) is 42.4 Å². The summed E-state index contributed by atoms with van der Waals surface area (Å²) in [6.45, 7) is 3.91. The van der Waals surface area contributed by atoms with Gasteiger partial charge >= 0.3 is 6.18 Å². The van der Waals surface area contributed by atoms with Crippen LogP contribution in [0.1, 0.15) is 26.7 Å².